The van der Waals surface area contributed by atoms with Crippen molar-refractivity contribution in [1.82, 2.24) is 0 Å². The van der Waals surface area contributed by atoms with Crippen LogP contribution in [0, 0.1) is 0 Å². The highest BCUT2D eigenvalue weighted by molar-refractivity contribution is 5.88. The first-order chi connectivity index (χ1) is 32.2. The van der Waals surface area contributed by atoms with E-state index in [0.29, 0.717) is 22.3 Å². The molecule has 4 aliphatic carbocycles. The van der Waals surface area contributed by atoms with E-state index in [9.17, 15) is 0 Å². The number of nitrogens with zero attached hydrogens (tertiary/aromatic N) is 2. The zero-order chi connectivity index (χ0) is 47.5. The van der Waals surface area contributed by atoms with Crippen molar-refractivity contribution in [2.24, 2.45) is 0 Å². The second-order valence-electron chi connectivity index (χ2n) is 17.5. The Morgan fingerprint density at radius 3 is 1.10 bits per heavy atom. The summed E-state index contributed by atoms with van der Waals surface area (Å²) in [6.07, 6.45) is -8.37. The van der Waals surface area contributed by atoms with Gasteiger partial charge < -0.3 is 9.80 Å². The topological polar surface area (TPSA) is 6.48 Å². The molecular weight excluding hydrogens is 725 g/mol. The van der Waals surface area contributed by atoms with Gasteiger partial charge in [-0.3, -0.25) is 0 Å². The monoisotopic (exact) mass is 780 g/mol. The fraction of sp³-hybridized carbons (Fsp3) is 0.172. The van der Waals surface area contributed by atoms with Gasteiger partial charge in [0.25, 0.3) is 0 Å². The van der Waals surface area contributed by atoms with Crippen molar-refractivity contribution in [3.05, 3.63) is 214 Å². The molecule has 290 valence electrons. The summed E-state index contributed by atoms with van der Waals surface area (Å²) in [5.41, 5.74) is 17.9. The quantitative estimate of drug-likeness (QED) is 0.159. The van der Waals surface area contributed by atoms with Crippen LogP contribution in [0.25, 0.3) is 33.4 Å². The van der Waals surface area contributed by atoms with Crippen molar-refractivity contribution in [3.63, 3.8) is 0 Å². The first-order valence-electron chi connectivity index (χ1n) is 24.8. The fourth-order valence-electron chi connectivity index (χ4n) is 10.1. The van der Waals surface area contributed by atoms with Crippen molar-refractivity contribution in [2.75, 3.05) is 9.80 Å². The van der Waals surface area contributed by atoms with E-state index in [0.717, 1.165) is 45.3 Å². The molecule has 4 aliphatic rings. The lowest BCUT2D eigenvalue weighted by Crippen LogP contribution is -2.17. The SMILES string of the molecule is [2H]C1([2H])c2ccc(N(c3ccc(-c4ccc(N(c5ccc6c(c5)C(C)(C)c5ccccc5-6)c5ccc6c(c5)C([2H])([2H])C6([2H])[2H])cc4)cc3)c3ccc4c(c3)C(C)(C)c3ccccc3-4)cc2C1([2H])[2H]. The van der Waals surface area contributed by atoms with Crippen LogP contribution in [0.3, 0.4) is 0 Å². The number of anilines is 6. The lowest BCUT2D eigenvalue weighted by Gasteiger charge is -2.30. The predicted molar refractivity (Wildman–Crippen MR) is 251 cm³/mol. The van der Waals surface area contributed by atoms with Crippen LogP contribution >= 0.6 is 0 Å². The summed E-state index contributed by atoms with van der Waals surface area (Å²) in [5, 5.41) is 0. The highest BCUT2D eigenvalue weighted by Crippen LogP contribution is 2.52. The van der Waals surface area contributed by atoms with Gasteiger partial charge in [0.15, 0.2) is 0 Å². The van der Waals surface area contributed by atoms with Crippen molar-refractivity contribution >= 4 is 34.1 Å². The highest BCUT2D eigenvalue weighted by Gasteiger charge is 2.37. The Bertz CT molecular complexity index is 3200. The minimum absolute atomic E-state index is 0.235. The van der Waals surface area contributed by atoms with Crippen molar-refractivity contribution in [2.45, 2.75) is 64.0 Å². The Balaban J connectivity index is 0.923. The molecule has 8 aromatic carbocycles. The normalized spacial score (nSPS) is 20.7. The van der Waals surface area contributed by atoms with Crippen LogP contribution in [-0.2, 0) is 36.3 Å². The molecule has 0 saturated heterocycles. The summed E-state index contributed by atoms with van der Waals surface area (Å²) in [5.74, 6) is 0. The van der Waals surface area contributed by atoms with E-state index >= 15 is 0 Å². The smallest absolute Gasteiger partial charge is 0.0465 e. The molecule has 0 aromatic heterocycles. The third-order valence-electron chi connectivity index (χ3n) is 13.4. The Hall–Kier alpha value is -6.64. The Labute approximate surface area is 365 Å². The number of hydrogen-bond donors (Lipinski definition) is 0. The van der Waals surface area contributed by atoms with Crippen LogP contribution in [0.5, 0.6) is 0 Å². The van der Waals surface area contributed by atoms with Crippen LogP contribution in [0.2, 0.25) is 0 Å². The summed E-state index contributed by atoms with van der Waals surface area (Å²) in [7, 11) is 0. The van der Waals surface area contributed by atoms with E-state index in [4.69, 9.17) is 11.0 Å². The van der Waals surface area contributed by atoms with Crippen molar-refractivity contribution < 1.29 is 11.0 Å². The highest BCUT2D eigenvalue weighted by atomic mass is 15.1. The average Bonchev–Trinajstić information content (AvgIpc) is 3.71. The molecule has 0 bridgehead atoms. The van der Waals surface area contributed by atoms with Gasteiger partial charge in [0.1, 0.15) is 0 Å². The number of benzene rings is 8. The first-order valence-corrected chi connectivity index (χ1v) is 20.8. The molecule has 0 N–H and O–H groups in total. The maximum atomic E-state index is 8.65. The summed E-state index contributed by atoms with van der Waals surface area (Å²) in [4.78, 5) is 4.26. The van der Waals surface area contributed by atoms with Gasteiger partial charge in [-0.1, -0.05) is 125 Å². The minimum Gasteiger partial charge on any atom is -0.310 e. The molecule has 12 rings (SSSR count). The summed E-state index contributed by atoms with van der Waals surface area (Å²) in [6.45, 7) is 9.01. The molecule has 0 heterocycles. The predicted octanol–water partition coefficient (Wildman–Crippen LogP) is 15.1. The van der Waals surface area contributed by atoms with Crippen LogP contribution in [0.15, 0.2) is 170 Å². The van der Waals surface area contributed by atoms with Gasteiger partial charge in [0.2, 0.25) is 0 Å². The summed E-state index contributed by atoms with van der Waals surface area (Å²) in [6, 6.07) is 57.7. The molecular formula is C58H48N2. The second kappa shape index (κ2) is 12.9. The third-order valence-corrected chi connectivity index (χ3v) is 13.4. The fourth-order valence-corrected chi connectivity index (χ4v) is 10.1. The van der Waals surface area contributed by atoms with Crippen molar-refractivity contribution in [1.29, 1.82) is 0 Å². The average molecular weight is 781 g/mol. The minimum atomic E-state index is -2.12. The van der Waals surface area contributed by atoms with Crippen LogP contribution < -0.4 is 9.80 Å². The maximum absolute atomic E-state index is 8.65. The van der Waals surface area contributed by atoms with E-state index in [1.54, 1.807) is 24.3 Å². The zero-order valence-corrected chi connectivity index (χ0v) is 34.1. The molecule has 0 amide bonds. The standard InChI is InChI=1S/C58H48N2/c1-57(2)53-11-7-5-9-49(53)51-31-29-47(35-55(51)57)59(45-27-21-39-13-15-41(39)33-45)43-23-17-37(18-24-43)38-19-25-44(26-20-38)60(46-28-22-40-14-16-42(40)34-46)48-30-32-52-50-10-6-8-12-54(50)58(3,4)56(52)36-48/h5-12,17-36H,13-16H2,1-4H3/i13D2,14D2,15D2,16D2. The summed E-state index contributed by atoms with van der Waals surface area (Å²) < 4.78 is 68.4. The largest absolute Gasteiger partial charge is 0.310 e. The van der Waals surface area contributed by atoms with Gasteiger partial charge in [-0.15, -0.1) is 0 Å². The molecule has 0 unspecified atom stereocenters. The molecule has 0 fully saturated rings. The Morgan fingerprint density at radius 1 is 0.333 bits per heavy atom. The summed E-state index contributed by atoms with van der Waals surface area (Å²) >= 11 is 0. The van der Waals surface area contributed by atoms with Crippen LogP contribution in [-0.4, -0.2) is 0 Å². The van der Waals surface area contributed by atoms with Gasteiger partial charge in [-0.2, -0.15) is 0 Å². The van der Waals surface area contributed by atoms with Crippen molar-refractivity contribution in [3.8, 4) is 33.4 Å². The number of fused-ring (bicyclic) bond motifs is 8. The van der Waals surface area contributed by atoms with E-state index in [2.05, 4.69) is 171 Å². The maximum Gasteiger partial charge on any atom is 0.0465 e. The van der Waals surface area contributed by atoms with E-state index in [1.165, 1.54) is 44.5 Å². The van der Waals surface area contributed by atoms with E-state index < -0.39 is 25.5 Å². The van der Waals surface area contributed by atoms with Gasteiger partial charge in [0, 0.05) is 55.9 Å². The molecule has 0 aliphatic heterocycles. The molecule has 2 nitrogen and oxygen atoms in total. The van der Waals surface area contributed by atoms with Crippen LogP contribution in [0.4, 0.5) is 34.1 Å². The lowest BCUT2D eigenvalue weighted by molar-refractivity contribution is 0.660. The number of rotatable bonds is 7. The Kier molecular flexibility index (Phi) is 6.02. The lowest BCUT2D eigenvalue weighted by atomic mass is 9.82. The second-order valence-corrected chi connectivity index (χ2v) is 17.5. The molecule has 0 saturated carbocycles. The zero-order valence-electron chi connectivity index (χ0n) is 42.1. The molecule has 0 atom stereocenters. The van der Waals surface area contributed by atoms with Gasteiger partial charge in [0.05, 0.1) is 0 Å². The van der Waals surface area contributed by atoms with Gasteiger partial charge in [-0.25, -0.2) is 0 Å². The Morgan fingerprint density at radius 2 is 0.667 bits per heavy atom. The molecule has 60 heavy (non-hydrogen) atoms. The third kappa shape index (κ3) is 5.26. The van der Waals surface area contributed by atoms with Gasteiger partial charge >= 0.3 is 0 Å². The van der Waals surface area contributed by atoms with Crippen LogP contribution in [0.1, 0.15) is 83.2 Å². The molecule has 0 spiro atoms. The number of hydrogen-bond acceptors (Lipinski definition) is 2. The molecule has 8 aromatic rings. The molecule has 2 heteroatoms. The first kappa shape index (κ1) is 27.9. The number of aryl methyl sites for hydroxylation is 4. The molecule has 0 radical (unpaired) electrons. The van der Waals surface area contributed by atoms with Gasteiger partial charge in [-0.05, 0) is 176 Å². The van der Waals surface area contributed by atoms with E-state index in [1.807, 2.05) is 12.1 Å². The van der Waals surface area contributed by atoms with E-state index in [-0.39, 0.29) is 10.8 Å².